The lowest BCUT2D eigenvalue weighted by molar-refractivity contribution is -0.136. The monoisotopic (exact) mass is 458 g/mol. The van der Waals surface area contributed by atoms with Crippen LogP contribution in [0.25, 0.3) is 5.69 Å². The van der Waals surface area contributed by atoms with Crippen LogP contribution in [0.5, 0.6) is 5.75 Å². The number of amides is 2. The van der Waals surface area contributed by atoms with E-state index in [0.717, 1.165) is 5.56 Å². The molecule has 1 aromatic heterocycles. The van der Waals surface area contributed by atoms with E-state index in [2.05, 4.69) is 15.7 Å². The fourth-order valence-corrected chi connectivity index (χ4v) is 4.80. The van der Waals surface area contributed by atoms with Gasteiger partial charge < -0.3 is 15.4 Å². The molecule has 166 valence electrons. The summed E-state index contributed by atoms with van der Waals surface area (Å²) in [6.07, 6.45) is 0. The number of rotatable bonds is 5. The quantitative estimate of drug-likeness (QED) is 0.562. The number of aromatic nitrogens is 2. The van der Waals surface area contributed by atoms with E-state index in [1.54, 1.807) is 31.4 Å². The van der Waals surface area contributed by atoms with Crippen LogP contribution >= 0.6 is 0 Å². The number of carbonyl (C=O) groups is 2. The number of hydrogen-bond acceptors (Lipinski definition) is 6. The zero-order chi connectivity index (χ0) is 22.9. The van der Waals surface area contributed by atoms with Gasteiger partial charge >= 0.3 is 11.8 Å². The van der Waals surface area contributed by atoms with E-state index < -0.39 is 27.5 Å². The Balaban J connectivity index is 1.53. The van der Waals surface area contributed by atoms with Crippen molar-refractivity contribution in [2.45, 2.75) is 18.1 Å². The average molecular weight is 458 g/mol. The van der Waals surface area contributed by atoms with Crippen LogP contribution in [0.4, 0.5) is 10.2 Å². The number of fused-ring (bicyclic) bond motifs is 1. The summed E-state index contributed by atoms with van der Waals surface area (Å²) in [5.74, 6) is -2.20. The number of anilines is 1. The summed E-state index contributed by atoms with van der Waals surface area (Å²) in [5.41, 5.74) is 1.76. The van der Waals surface area contributed by atoms with E-state index in [9.17, 15) is 22.4 Å². The predicted molar refractivity (Wildman–Crippen MR) is 113 cm³/mol. The largest absolute Gasteiger partial charge is 0.497 e. The van der Waals surface area contributed by atoms with Gasteiger partial charge in [0.25, 0.3) is 0 Å². The summed E-state index contributed by atoms with van der Waals surface area (Å²) in [6, 6.07) is 12.3. The second kappa shape index (κ2) is 8.42. The first-order chi connectivity index (χ1) is 15.3. The minimum absolute atomic E-state index is 0.0669. The maximum absolute atomic E-state index is 13.3. The molecule has 2 amide bonds. The molecule has 11 heteroatoms. The second-order valence-corrected chi connectivity index (χ2v) is 9.24. The number of halogens is 1. The zero-order valence-corrected chi connectivity index (χ0v) is 17.8. The van der Waals surface area contributed by atoms with E-state index >= 15 is 0 Å². The Morgan fingerprint density at radius 2 is 1.75 bits per heavy atom. The molecule has 0 aliphatic carbocycles. The number of benzene rings is 2. The lowest BCUT2D eigenvalue weighted by Gasteiger charge is -2.11. The number of nitrogens with zero attached hydrogens (tertiary/aromatic N) is 2. The number of nitrogens with one attached hydrogen (secondary N) is 2. The highest BCUT2D eigenvalue weighted by Gasteiger charge is 2.33. The van der Waals surface area contributed by atoms with Crippen LogP contribution in [-0.2, 0) is 37.5 Å². The third kappa shape index (κ3) is 4.47. The van der Waals surface area contributed by atoms with Crippen molar-refractivity contribution >= 4 is 27.5 Å². The fourth-order valence-electron chi connectivity index (χ4n) is 3.31. The van der Waals surface area contributed by atoms with Gasteiger partial charge in [0.05, 0.1) is 30.0 Å². The highest BCUT2D eigenvalue weighted by molar-refractivity contribution is 7.90. The van der Waals surface area contributed by atoms with Crippen molar-refractivity contribution < 1.29 is 27.1 Å². The molecule has 9 nitrogen and oxygen atoms in total. The van der Waals surface area contributed by atoms with Crippen molar-refractivity contribution in [1.82, 2.24) is 15.1 Å². The molecule has 2 aromatic carbocycles. The molecule has 0 fully saturated rings. The maximum Gasteiger partial charge on any atom is 0.314 e. The number of hydrogen-bond donors (Lipinski definition) is 2. The van der Waals surface area contributed by atoms with E-state index in [1.165, 1.54) is 28.9 Å². The van der Waals surface area contributed by atoms with E-state index in [0.29, 0.717) is 17.0 Å². The molecule has 0 saturated carbocycles. The van der Waals surface area contributed by atoms with Crippen LogP contribution in [0.15, 0.2) is 48.5 Å². The van der Waals surface area contributed by atoms with Gasteiger partial charge in [0, 0.05) is 12.1 Å². The van der Waals surface area contributed by atoms with Crippen LogP contribution in [0.1, 0.15) is 16.8 Å². The number of methoxy groups -OCH3 is 1. The van der Waals surface area contributed by atoms with Gasteiger partial charge in [0.2, 0.25) is 0 Å². The molecule has 2 N–H and O–H groups in total. The molecule has 2 heterocycles. The van der Waals surface area contributed by atoms with Crippen molar-refractivity contribution in [1.29, 1.82) is 0 Å². The minimum Gasteiger partial charge on any atom is -0.497 e. The molecule has 1 aliphatic heterocycles. The zero-order valence-electron chi connectivity index (χ0n) is 17.0. The smallest absolute Gasteiger partial charge is 0.314 e. The van der Waals surface area contributed by atoms with Gasteiger partial charge in [-0.05, 0) is 42.0 Å². The Hall–Kier alpha value is -3.73. The predicted octanol–water partition coefficient (Wildman–Crippen LogP) is 1.70. The van der Waals surface area contributed by atoms with Gasteiger partial charge in [-0.2, -0.15) is 5.10 Å². The Labute approximate surface area is 183 Å². The van der Waals surface area contributed by atoms with Gasteiger partial charge in [0.15, 0.2) is 9.84 Å². The molecule has 0 unspecified atom stereocenters. The summed E-state index contributed by atoms with van der Waals surface area (Å²) in [4.78, 5) is 24.9. The SMILES string of the molecule is COc1ccc(CNC(=O)C(=O)Nc2c3c(nn2-c2ccc(F)cc2)CS(=O)(=O)C3)cc1. The highest BCUT2D eigenvalue weighted by Crippen LogP contribution is 2.33. The first-order valence-electron chi connectivity index (χ1n) is 9.55. The van der Waals surface area contributed by atoms with E-state index in [1.807, 2.05) is 0 Å². The first-order valence-corrected chi connectivity index (χ1v) is 11.4. The number of carbonyl (C=O) groups excluding carboxylic acids is 2. The lowest BCUT2D eigenvalue weighted by Crippen LogP contribution is -2.35. The second-order valence-electron chi connectivity index (χ2n) is 7.18. The summed E-state index contributed by atoms with van der Waals surface area (Å²) in [6.45, 7) is 0.111. The molecule has 4 rings (SSSR count). The van der Waals surface area contributed by atoms with Crippen molar-refractivity contribution in [3.8, 4) is 11.4 Å². The van der Waals surface area contributed by atoms with Gasteiger partial charge in [0.1, 0.15) is 17.4 Å². The molecule has 0 atom stereocenters. The van der Waals surface area contributed by atoms with E-state index in [4.69, 9.17) is 4.74 Å². The van der Waals surface area contributed by atoms with Crippen LogP contribution in [0, 0.1) is 5.82 Å². The van der Waals surface area contributed by atoms with Crippen LogP contribution in [0.2, 0.25) is 0 Å². The van der Waals surface area contributed by atoms with Gasteiger partial charge in [-0.3, -0.25) is 9.59 Å². The molecule has 0 bridgehead atoms. The topological polar surface area (TPSA) is 119 Å². The normalized spacial score (nSPS) is 13.9. The van der Waals surface area contributed by atoms with Crippen molar-refractivity contribution in [3.63, 3.8) is 0 Å². The summed E-state index contributed by atoms with van der Waals surface area (Å²) in [5, 5.41) is 9.24. The summed E-state index contributed by atoms with van der Waals surface area (Å²) < 4.78 is 43.7. The van der Waals surface area contributed by atoms with Gasteiger partial charge in [-0.1, -0.05) is 12.1 Å². The Kier molecular flexibility index (Phi) is 5.66. The first kappa shape index (κ1) is 21.5. The molecule has 1 aliphatic rings. The third-order valence-corrected chi connectivity index (χ3v) is 6.35. The number of sulfone groups is 1. The highest BCUT2D eigenvalue weighted by atomic mass is 32.2. The third-order valence-electron chi connectivity index (χ3n) is 4.91. The summed E-state index contributed by atoms with van der Waals surface area (Å²) in [7, 11) is -1.85. The molecular weight excluding hydrogens is 439 g/mol. The van der Waals surface area contributed by atoms with Gasteiger partial charge in [-0.25, -0.2) is 17.5 Å². The van der Waals surface area contributed by atoms with Crippen molar-refractivity contribution in [2.75, 3.05) is 12.4 Å². The molecule has 3 aromatic rings. The Morgan fingerprint density at radius 3 is 2.41 bits per heavy atom. The number of ether oxygens (including phenoxy) is 1. The van der Waals surface area contributed by atoms with Crippen LogP contribution < -0.4 is 15.4 Å². The molecule has 0 spiro atoms. The molecular formula is C21H19FN4O5S. The Bertz CT molecular complexity index is 1280. The van der Waals surface area contributed by atoms with E-state index in [-0.39, 0.29) is 29.6 Å². The summed E-state index contributed by atoms with van der Waals surface area (Å²) >= 11 is 0. The van der Waals surface area contributed by atoms with Crippen molar-refractivity contribution in [3.05, 3.63) is 71.2 Å². The average Bonchev–Trinajstić information content (AvgIpc) is 3.25. The van der Waals surface area contributed by atoms with Crippen LogP contribution in [0.3, 0.4) is 0 Å². The van der Waals surface area contributed by atoms with Gasteiger partial charge in [-0.15, -0.1) is 0 Å². The molecule has 0 radical (unpaired) electrons. The molecule has 0 saturated heterocycles. The van der Waals surface area contributed by atoms with Crippen LogP contribution in [-0.4, -0.2) is 37.1 Å². The maximum atomic E-state index is 13.3. The fraction of sp³-hybridized carbons (Fsp3) is 0.190. The Morgan fingerprint density at radius 1 is 1.06 bits per heavy atom. The molecule has 32 heavy (non-hydrogen) atoms. The standard InChI is InChI=1S/C21H19FN4O5S/c1-31-16-8-2-13(3-9-16)10-23-20(27)21(28)24-19-17-11-32(29,30)12-18(17)25-26(19)15-6-4-14(22)5-7-15/h2-9H,10-12H2,1H3,(H,23,27)(H,24,28). The lowest BCUT2D eigenvalue weighted by atomic mass is 10.2. The van der Waals surface area contributed by atoms with Crippen molar-refractivity contribution in [2.24, 2.45) is 0 Å². The minimum atomic E-state index is -3.40.